The molecular weight excluding hydrogens is 571 g/mol. The molecule has 1 saturated heterocycles. The number of imide groups is 1. The van der Waals surface area contributed by atoms with E-state index in [1.807, 2.05) is 0 Å². The van der Waals surface area contributed by atoms with E-state index in [0.717, 1.165) is 16.7 Å². The summed E-state index contributed by atoms with van der Waals surface area (Å²) in [5, 5.41) is 11.9. The number of thioether (sulfide) groups is 2. The van der Waals surface area contributed by atoms with E-state index in [1.54, 1.807) is 60.7 Å². The molecule has 0 radical (unpaired) electrons. The first kappa shape index (κ1) is 27.7. The van der Waals surface area contributed by atoms with Crippen molar-refractivity contribution in [3.8, 4) is 0 Å². The highest BCUT2D eigenvalue weighted by atomic mass is 35.5. The highest BCUT2D eigenvalue weighted by Gasteiger charge is 2.35. The number of nitro benzene ring substituents is 1. The van der Waals surface area contributed by atoms with Crippen LogP contribution in [0.2, 0.25) is 10.0 Å². The molecule has 194 valence electrons. The zero-order chi connectivity index (χ0) is 27.2. The molecule has 4 rings (SSSR count). The number of carbonyl (C=O) groups is 3. The van der Waals surface area contributed by atoms with Crippen LogP contribution in [0.4, 0.5) is 10.5 Å². The Balaban J connectivity index is 1.41. The normalized spacial score (nSPS) is 14.3. The summed E-state index contributed by atoms with van der Waals surface area (Å²) >= 11 is 13.9. The Morgan fingerprint density at radius 1 is 1.05 bits per heavy atom. The Hall–Kier alpha value is -3.31. The van der Waals surface area contributed by atoms with Gasteiger partial charge in [0.2, 0.25) is 0 Å². The summed E-state index contributed by atoms with van der Waals surface area (Å²) in [6, 6.07) is 17.9. The van der Waals surface area contributed by atoms with E-state index >= 15 is 0 Å². The number of halogens is 2. The van der Waals surface area contributed by atoms with Crippen molar-refractivity contribution in [1.82, 2.24) is 4.90 Å². The molecule has 1 aliphatic rings. The minimum atomic E-state index is -0.522. The van der Waals surface area contributed by atoms with Crippen LogP contribution >= 0.6 is 46.7 Å². The van der Waals surface area contributed by atoms with Crippen LogP contribution in [-0.2, 0) is 16.1 Å². The molecule has 0 aromatic heterocycles. The van der Waals surface area contributed by atoms with Crippen molar-refractivity contribution in [1.29, 1.82) is 0 Å². The number of ether oxygens (including phenoxy) is 1. The maximum absolute atomic E-state index is 12.9. The lowest BCUT2D eigenvalue weighted by Gasteiger charge is -2.12. The highest BCUT2D eigenvalue weighted by molar-refractivity contribution is 8.18. The van der Waals surface area contributed by atoms with Crippen LogP contribution in [0.1, 0.15) is 21.5 Å². The number of carbonyl (C=O) groups excluding carboxylic acids is 3. The van der Waals surface area contributed by atoms with E-state index in [-0.39, 0.29) is 23.7 Å². The Bertz CT molecular complexity index is 1450. The van der Waals surface area contributed by atoms with Crippen LogP contribution in [0.15, 0.2) is 76.5 Å². The van der Waals surface area contributed by atoms with Crippen molar-refractivity contribution in [3.63, 3.8) is 0 Å². The van der Waals surface area contributed by atoms with Gasteiger partial charge in [0.15, 0.2) is 0 Å². The molecule has 8 nitrogen and oxygen atoms in total. The van der Waals surface area contributed by atoms with Gasteiger partial charge in [0.05, 0.1) is 36.9 Å². The molecule has 38 heavy (non-hydrogen) atoms. The lowest BCUT2D eigenvalue weighted by atomic mass is 10.1. The lowest BCUT2D eigenvalue weighted by molar-refractivity contribution is -0.387. The molecule has 3 aromatic rings. The van der Waals surface area contributed by atoms with Crippen LogP contribution in [0.25, 0.3) is 6.08 Å². The molecule has 12 heteroatoms. The third-order valence-corrected chi connectivity index (χ3v) is 7.93. The molecule has 0 unspecified atom stereocenters. The van der Waals surface area contributed by atoms with Gasteiger partial charge in [-0.1, -0.05) is 53.5 Å². The van der Waals surface area contributed by atoms with E-state index < -0.39 is 22.0 Å². The van der Waals surface area contributed by atoms with E-state index in [2.05, 4.69) is 0 Å². The number of amides is 2. The molecule has 0 saturated carbocycles. The second-order valence-electron chi connectivity index (χ2n) is 7.85. The van der Waals surface area contributed by atoms with Crippen molar-refractivity contribution in [2.24, 2.45) is 0 Å². The van der Waals surface area contributed by atoms with E-state index in [9.17, 15) is 24.5 Å². The first-order chi connectivity index (χ1) is 18.2. The first-order valence-electron chi connectivity index (χ1n) is 11.1. The molecule has 0 N–H and O–H groups in total. The van der Waals surface area contributed by atoms with Gasteiger partial charge >= 0.3 is 5.97 Å². The van der Waals surface area contributed by atoms with Crippen molar-refractivity contribution < 1.29 is 24.0 Å². The van der Waals surface area contributed by atoms with Crippen LogP contribution in [0.3, 0.4) is 0 Å². The number of nitro groups is 1. The second-order valence-corrected chi connectivity index (χ2v) is 10.8. The third kappa shape index (κ3) is 6.76. The largest absolute Gasteiger partial charge is 0.461 e. The zero-order valence-corrected chi connectivity index (χ0v) is 22.6. The summed E-state index contributed by atoms with van der Waals surface area (Å²) in [7, 11) is 0. The topological polar surface area (TPSA) is 107 Å². The van der Waals surface area contributed by atoms with Gasteiger partial charge < -0.3 is 4.74 Å². The fourth-order valence-electron chi connectivity index (χ4n) is 3.44. The molecular formula is C26H18Cl2N2O6S2. The summed E-state index contributed by atoms with van der Waals surface area (Å²) in [6.07, 6.45) is 1.45. The Kier molecular flexibility index (Phi) is 9.11. The molecule has 0 aliphatic carbocycles. The summed E-state index contributed by atoms with van der Waals surface area (Å²) in [4.78, 5) is 50.2. The minimum absolute atomic E-state index is 0.0173. The first-order valence-corrected chi connectivity index (χ1v) is 13.6. The van der Waals surface area contributed by atoms with Crippen molar-refractivity contribution in [2.75, 3.05) is 12.4 Å². The average Bonchev–Trinajstić information content (AvgIpc) is 3.16. The van der Waals surface area contributed by atoms with Gasteiger partial charge in [-0.05, 0) is 59.3 Å². The van der Waals surface area contributed by atoms with Gasteiger partial charge in [-0.3, -0.25) is 24.6 Å². The second kappa shape index (κ2) is 12.5. The Labute approximate surface area is 236 Å². The van der Waals surface area contributed by atoms with Crippen LogP contribution in [0.5, 0.6) is 0 Å². The van der Waals surface area contributed by atoms with Gasteiger partial charge in [0.1, 0.15) is 6.61 Å². The fourth-order valence-corrected chi connectivity index (χ4v) is 5.43. The Morgan fingerprint density at radius 3 is 2.53 bits per heavy atom. The smallest absolute Gasteiger partial charge is 0.338 e. The highest BCUT2D eigenvalue weighted by Crippen LogP contribution is 2.36. The molecule has 2 amide bonds. The van der Waals surface area contributed by atoms with Gasteiger partial charge in [-0.15, -0.1) is 11.8 Å². The van der Waals surface area contributed by atoms with Gasteiger partial charge in [-0.2, -0.15) is 0 Å². The van der Waals surface area contributed by atoms with E-state index in [1.165, 1.54) is 23.9 Å². The summed E-state index contributed by atoms with van der Waals surface area (Å²) in [6.45, 7) is 0.0900. The summed E-state index contributed by atoms with van der Waals surface area (Å²) in [5.41, 5.74) is 1.30. The molecule has 0 atom stereocenters. The van der Waals surface area contributed by atoms with Gasteiger partial charge in [0.25, 0.3) is 16.8 Å². The third-order valence-electron chi connectivity index (χ3n) is 5.26. The predicted octanol–water partition coefficient (Wildman–Crippen LogP) is 7.09. The number of benzene rings is 3. The quantitative estimate of drug-likeness (QED) is 0.0651. The number of esters is 1. The zero-order valence-electron chi connectivity index (χ0n) is 19.5. The lowest BCUT2D eigenvalue weighted by Crippen LogP contribution is -2.27. The van der Waals surface area contributed by atoms with E-state index in [0.29, 0.717) is 37.4 Å². The predicted molar refractivity (Wildman–Crippen MR) is 149 cm³/mol. The molecule has 3 aromatic carbocycles. The van der Waals surface area contributed by atoms with Gasteiger partial charge in [-0.25, -0.2) is 4.79 Å². The van der Waals surface area contributed by atoms with Crippen LogP contribution in [-0.4, -0.2) is 39.3 Å². The van der Waals surface area contributed by atoms with Crippen molar-refractivity contribution >= 4 is 75.6 Å². The average molecular weight is 589 g/mol. The standard InChI is InChI=1S/C26H18Cl2N2O6S2/c27-19-8-6-17(12-20(19)28)15-29-24(31)23(38-26(29)33)14-16-7-9-22(21(13-16)30(34)35)37-11-10-36-25(32)18-4-2-1-3-5-18/h1-9,12-14H,10-11,15H2. The van der Waals surface area contributed by atoms with Crippen molar-refractivity contribution in [2.45, 2.75) is 11.4 Å². The number of hydrogen-bond acceptors (Lipinski definition) is 8. The van der Waals surface area contributed by atoms with Crippen molar-refractivity contribution in [3.05, 3.63) is 108 Å². The molecule has 1 heterocycles. The number of hydrogen-bond donors (Lipinski definition) is 0. The Morgan fingerprint density at radius 2 is 1.82 bits per heavy atom. The van der Waals surface area contributed by atoms with Crippen LogP contribution in [0, 0.1) is 10.1 Å². The van der Waals surface area contributed by atoms with Gasteiger partial charge in [0, 0.05) is 11.8 Å². The molecule has 1 fully saturated rings. The molecule has 1 aliphatic heterocycles. The molecule has 0 spiro atoms. The summed E-state index contributed by atoms with van der Waals surface area (Å²) in [5.74, 6) is -0.664. The monoisotopic (exact) mass is 588 g/mol. The van der Waals surface area contributed by atoms with Crippen LogP contribution < -0.4 is 0 Å². The summed E-state index contributed by atoms with van der Waals surface area (Å²) < 4.78 is 5.22. The minimum Gasteiger partial charge on any atom is -0.461 e. The number of rotatable bonds is 9. The maximum Gasteiger partial charge on any atom is 0.338 e. The number of nitrogens with zero attached hydrogens (tertiary/aromatic N) is 2. The SMILES string of the molecule is O=C(OCCSc1ccc(C=C2SC(=O)N(Cc3ccc(Cl)c(Cl)c3)C2=O)cc1[N+](=O)[O-])c1ccccc1. The van der Waals surface area contributed by atoms with E-state index in [4.69, 9.17) is 27.9 Å². The fraction of sp³-hybridized carbons (Fsp3) is 0.115. The molecule has 0 bridgehead atoms. The maximum atomic E-state index is 12.9.